The topological polar surface area (TPSA) is 101 Å². The number of primary amides is 1. The van der Waals surface area contributed by atoms with Crippen molar-refractivity contribution >= 4 is 11.7 Å². The van der Waals surface area contributed by atoms with Crippen molar-refractivity contribution in [2.24, 2.45) is 11.5 Å². The van der Waals surface area contributed by atoms with E-state index < -0.39 is 5.91 Å². The number of anilines is 1. The largest absolute Gasteiger partial charge is 0.364 e. The number of aromatic nitrogens is 2. The summed E-state index contributed by atoms with van der Waals surface area (Å²) < 4.78 is 0. The van der Waals surface area contributed by atoms with Gasteiger partial charge in [-0.1, -0.05) is 0 Å². The summed E-state index contributed by atoms with van der Waals surface area (Å²) in [5, 5.41) is 7.87. The van der Waals surface area contributed by atoms with Crippen LogP contribution in [0.3, 0.4) is 0 Å². The van der Waals surface area contributed by atoms with Gasteiger partial charge in [0, 0.05) is 26.2 Å². The number of hydrogen-bond acceptors (Lipinski definition) is 6. The van der Waals surface area contributed by atoms with E-state index >= 15 is 0 Å². The second-order valence-electron chi connectivity index (χ2n) is 4.61. The molecule has 0 saturated carbocycles. The van der Waals surface area contributed by atoms with E-state index in [0.29, 0.717) is 0 Å². The van der Waals surface area contributed by atoms with Gasteiger partial charge in [-0.15, -0.1) is 10.2 Å². The lowest BCUT2D eigenvalue weighted by atomic mass is 10.2. The summed E-state index contributed by atoms with van der Waals surface area (Å²) in [5.41, 5.74) is 10.8. The molecule has 0 bridgehead atoms. The minimum atomic E-state index is -0.550. The molecule has 104 valence electrons. The highest BCUT2D eigenvalue weighted by Crippen LogP contribution is 2.12. The average molecular weight is 264 g/mol. The molecule has 7 nitrogen and oxygen atoms in total. The minimum absolute atomic E-state index is 0.199. The Hall–Kier alpha value is -1.73. The van der Waals surface area contributed by atoms with E-state index in [0.717, 1.165) is 51.5 Å². The summed E-state index contributed by atoms with van der Waals surface area (Å²) in [6.45, 7) is 5.61. The van der Waals surface area contributed by atoms with Crippen LogP contribution in [0.15, 0.2) is 12.1 Å². The van der Waals surface area contributed by atoms with E-state index in [1.165, 1.54) is 0 Å². The molecule has 0 radical (unpaired) electrons. The van der Waals surface area contributed by atoms with Gasteiger partial charge in [-0.25, -0.2) is 0 Å². The first-order valence-electron chi connectivity index (χ1n) is 6.51. The van der Waals surface area contributed by atoms with Gasteiger partial charge in [0.2, 0.25) is 0 Å². The Morgan fingerprint density at radius 3 is 2.47 bits per heavy atom. The van der Waals surface area contributed by atoms with Crippen LogP contribution in [-0.4, -0.2) is 60.3 Å². The van der Waals surface area contributed by atoms with Crippen molar-refractivity contribution in [2.75, 3.05) is 44.2 Å². The third-order valence-electron chi connectivity index (χ3n) is 3.28. The highest BCUT2D eigenvalue weighted by Gasteiger charge is 2.18. The SMILES string of the molecule is NCCCN1CCN(c2ccc(C(N)=O)nn2)CC1. The Morgan fingerprint density at radius 1 is 1.21 bits per heavy atom. The monoisotopic (exact) mass is 264 g/mol. The zero-order valence-corrected chi connectivity index (χ0v) is 11.0. The molecule has 1 amide bonds. The van der Waals surface area contributed by atoms with E-state index in [1.54, 1.807) is 12.1 Å². The molecule has 1 aromatic heterocycles. The summed E-state index contributed by atoms with van der Waals surface area (Å²) in [6, 6.07) is 3.41. The first-order chi connectivity index (χ1) is 9.20. The smallest absolute Gasteiger partial charge is 0.269 e. The molecule has 0 spiro atoms. The molecule has 1 saturated heterocycles. The molecule has 1 fully saturated rings. The Kier molecular flexibility index (Phi) is 4.64. The highest BCUT2D eigenvalue weighted by molar-refractivity contribution is 5.90. The second-order valence-corrected chi connectivity index (χ2v) is 4.61. The Balaban J connectivity index is 1.88. The molecular weight excluding hydrogens is 244 g/mol. The Morgan fingerprint density at radius 2 is 1.95 bits per heavy atom. The third kappa shape index (κ3) is 3.62. The van der Waals surface area contributed by atoms with Crippen molar-refractivity contribution < 1.29 is 4.79 Å². The fourth-order valence-corrected chi connectivity index (χ4v) is 2.14. The van der Waals surface area contributed by atoms with Gasteiger partial charge < -0.3 is 16.4 Å². The van der Waals surface area contributed by atoms with Gasteiger partial charge in [0.15, 0.2) is 11.5 Å². The van der Waals surface area contributed by atoms with Crippen LogP contribution in [0.1, 0.15) is 16.9 Å². The maximum absolute atomic E-state index is 10.9. The quantitative estimate of drug-likeness (QED) is 0.711. The fraction of sp³-hybridized carbons (Fsp3) is 0.583. The number of carbonyl (C=O) groups excluding carboxylic acids is 1. The lowest BCUT2D eigenvalue weighted by Gasteiger charge is -2.35. The zero-order chi connectivity index (χ0) is 13.7. The highest BCUT2D eigenvalue weighted by atomic mass is 16.1. The zero-order valence-electron chi connectivity index (χ0n) is 11.0. The molecule has 0 unspecified atom stereocenters. The van der Waals surface area contributed by atoms with Crippen molar-refractivity contribution in [3.05, 3.63) is 17.8 Å². The van der Waals surface area contributed by atoms with Gasteiger partial charge >= 0.3 is 0 Å². The molecule has 1 aliphatic rings. The summed E-state index contributed by atoms with van der Waals surface area (Å²) in [4.78, 5) is 15.5. The maximum Gasteiger partial charge on any atom is 0.269 e. The van der Waals surface area contributed by atoms with Gasteiger partial charge in [-0.2, -0.15) is 0 Å². The van der Waals surface area contributed by atoms with Crippen LogP contribution in [0.2, 0.25) is 0 Å². The standard InChI is InChI=1S/C12H20N6O/c13-4-1-5-17-6-8-18(9-7-17)11-3-2-10(12(14)19)15-16-11/h2-3H,1,4-9,13H2,(H2,14,19). The van der Waals surface area contributed by atoms with Crippen LogP contribution in [-0.2, 0) is 0 Å². The molecule has 19 heavy (non-hydrogen) atoms. The molecule has 0 aliphatic carbocycles. The van der Waals surface area contributed by atoms with Crippen LogP contribution < -0.4 is 16.4 Å². The Bertz CT molecular complexity index is 413. The molecule has 1 aromatic rings. The van der Waals surface area contributed by atoms with E-state index in [2.05, 4.69) is 20.0 Å². The molecule has 2 heterocycles. The predicted octanol–water partition coefficient (Wildman–Crippen LogP) is -0.954. The van der Waals surface area contributed by atoms with E-state index in [4.69, 9.17) is 11.5 Å². The molecule has 0 atom stereocenters. The van der Waals surface area contributed by atoms with Crippen molar-refractivity contribution in [3.63, 3.8) is 0 Å². The second kappa shape index (κ2) is 6.44. The first-order valence-corrected chi connectivity index (χ1v) is 6.51. The summed E-state index contributed by atoms with van der Waals surface area (Å²) in [7, 11) is 0. The van der Waals surface area contributed by atoms with Gasteiger partial charge in [-0.05, 0) is 31.6 Å². The van der Waals surface area contributed by atoms with Gasteiger partial charge in [-0.3, -0.25) is 9.69 Å². The number of piperazine rings is 1. The lowest BCUT2D eigenvalue weighted by molar-refractivity contribution is 0.0994. The number of nitrogens with two attached hydrogens (primary N) is 2. The van der Waals surface area contributed by atoms with Crippen molar-refractivity contribution in [3.8, 4) is 0 Å². The number of carbonyl (C=O) groups is 1. The van der Waals surface area contributed by atoms with E-state index in [1.807, 2.05) is 0 Å². The molecule has 7 heteroatoms. The lowest BCUT2D eigenvalue weighted by Crippen LogP contribution is -2.47. The van der Waals surface area contributed by atoms with Gasteiger partial charge in [0.1, 0.15) is 0 Å². The molecule has 2 rings (SSSR count). The average Bonchev–Trinajstić information content (AvgIpc) is 2.46. The van der Waals surface area contributed by atoms with E-state index in [9.17, 15) is 4.79 Å². The van der Waals surface area contributed by atoms with Crippen LogP contribution in [0, 0.1) is 0 Å². The number of amides is 1. The molecule has 1 aliphatic heterocycles. The molecule has 0 aromatic carbocycles. The van der Waals surface area contributed by atoms with Crippen LogP contribution in [0.25, 0.3) is 0 Å². The number of hydrogen-bond donors (Lipinski definition) is 2. The number of rotatable bonds is 5. The van der Waals surface area contributed by atoms with Crippen molar-refractivity contribution in [2.45, 2.75) is 6.42 Å². The summed E-state index contributed by atoms with van der Waals surface area (Å²) in [5.74, 6) is 0.245. The molecular formula is C12H20N6O. The maximum atomic E-state index is 10.9. The van der Waals surface area contributed by atoms with Crippen LogP contribution >= 0.6 is 0 Å². The van der Waals surface area contributed by atoms with Crippen molar-refractivity contribution in [1.29, 1.82) is 0 Å². The third-order valence-corrected chi connectivity index (χ3v) is 3.28. The first kappa shape index (κ1) is 13.7. The normalized spacial score (nSPS) is 16.6. The number of nitrogens with zero attached hydrogens (tertiary/aromatic N) is 4. The van der Waals surface area contributed by atoms with Crippen molar-refractivity contribution in [1.82, 2.24) is 15.1 Å². The molecule has 4 N–H and O–H groups in total. The van der Waals surface area contributed by atoms with Crippen LogP contribution in [0.4, 0.5) is 5.82 Å². The Labute approximate surface area is 112 Å². The fourth-order valence-electron chi connectivity index (χ4n) is 2.14. The van der Waals surface area contributed by atoms with Gasteiger partial charge in [0.05, 0.1) is 0 Å². The summed E-state index contributed by atoms with van der Waals surface area (Å²) >= 11 is 0. The summed E-state index contributed by atoms with van der Waals surface area (Å²) in [6.07, 6.45) is 1.03. The predicted molar refractivity (Wildman–Crippen MR) is 72.9 cm³/mol. The van der Waals surface area contributed by atoms with Gasteiger partial charge in [0.25, 0.3) is 5.91 Å². The van der Waals surface area contributed by atoms with Crippen LogP contribution in [0.5, 0.6) is 0 Å². The minimum Gasteiger partial charge on any atom is -0.364 e. The van der Waals surface area contributed by atoms with E-state index in [-0.39, 0.29) is 5.69 Å².